The summed E-state index contributed by atoms with van der Waals surface area (Å²) in [6.45, 7) is 7.38. The molecule has 1 aliphatic heterocycles. The van der Waals surface area contributed by atoms with Gasteiger partial charge in [0.2, 0.25) is 0 Å². The first kappa shape index (κ1) is 16.9. The predicted octanol–water partition coefficient (Wildman–Crippen LogP) is 2.70. The Kier molecular flexibility index (Phi) is 4.77. The molecule has 134 valence electrons. The second-order valence-corrected chi connectivity index (χ2v) is 6.65. The molecule has 0 unspecified atom stereocenters. The van der Waals surface area contributed by atoms with E-state index in [4.69, 9.17) is 4.74 Å². The van der Waals surface area contributed by atoms with Crippen LogP contribution in [0.2, 0.25) is 0 Å². The number of tetrazole rings is 1. The summed E-state index contributed by atoms with van der Waals surface area (Å²) in [5.74, 6) is 0.843. The summed E-state index contributed by atoms with van der Waals surface area (Å²) in [5, 5.41) is 12.8. The van der Waals surface area contributed by atoms with E-state index >= 15 is 0 Å². The Hall–Kier alpha value is -2.57. The maximum Gasteiger partial charge on any atom is 0.178 e. The average Bonchev–Trinajstić information content (AvgIpc) is 3.12. The Morgan fingerprint density at radius 1 is 0.923 bits per heavy atom. The van der Waals surface area contributed by atoms with Gasteiger partial charge in [-0.2, -0.15) is 4.68 Å². The summed E-state index contributed by atoms with van der Waals surface area (Å²) in [5.41, 5.74) is 4.57. The summed E-state index contributed by atoms with van der Waals surface area (Å²) in [6.07, 6.45) is 0. The second kappa shape index (κ2) is 7.35. The van der Waals surface area contributed by atoms with Gasteiger partial charge < -0.3 is 4.74 Å². The van der Waals surface area contributed by atoms with E-state index in [9.17, 15) is 0 Å². The second-order valence-electron chi connectivity index (χ2n) is 6.65. The SMILES string of the molecule is Cc1cccc(C)c1-n1nnnc1[C@H](c1ccccc1)N1CCOCC1. The van der Waals surface area contributed by atoms with Crippen molar-refractivity contribution < 1.29 is 4.74 Å². The molecule has 0 spiro atoms. The third-order valence-corrected chi connectivity index (χ3v) is 4.92. The molecule has 6 nitrogen and oxygen atoms in total. The first-order valence-corrected chi connectivity index (χ1v) is 8.97. The zero-order valence-corrected chi connectivity index (χ0v) is 15.2. The molecule has 6 heteroatoms. The highest BCUT2D eigenvalue weighted by Crippen LogP contribution is 2.30. The lowest BCUT2D eigenvalue weighted by Gasteiger charge is -2.34. The van der Waals surface area contributed by atoms with Crippen molar-refractivity contribution in [2.75, 3.05) is 26.3 Å². The van der Waals surface area contributed by atoms with Crippen LogP contribution in [0.3, 0.4) is 0 Å². The molecule has 0 aliphatic carbocycles. The standard InChI is InChI=1S/C20H23N5O/c1-15-7-6-8-16(2)18(15)25-20(21-22-23-25)19(17-9-4-3-5-10-17)24-11-13-26-14-12-24/h3-10,19H,11-14H2,1-2H3/t19-/m0/s1. The fourth-order valence-electron chi connectivity index (χ4n) is 3.66. The highest BCUT2D eigenvalue weighted by atomic mass is 16.5. The summed E-state index contributed by atoms with van der Waals surface area (Å²) in [4.78, 5) is 2.40. The minimum absolute atomic E-state index is 0.00546. The van der Waals surface area contributed by atoms with Crippen LogP contribution in [-0.4, -0.2) is 51.4 Å². The Balaban J connectivity index is 1.84. The van der Waals surface area contributed by atoms with Crippen molar-refractivity contribution in [3.63, 3.8) is 0 Å². The Labute approximate surface area is 153 Å². The third-order valence-electron chi connectivity index (χ3n) is 4.92. The van der Waals surface area contributed by atoms with E-state index in [1.165, 1.54) is 5.56 Å². The van der Waals surface area contributed by atoms with Crippen LogP contribution in [0.5, 0.6) is 0 Å². The minimum atomic E-state index is -0.00546. The molecule has 0 N–H and O–H groups in total. The van der Waals surface area contributed by atoms with Crippen molar-refractivity contribution in [2.45, 2.75) is 19.9 Å². The number of aryl methyl sites for hydroxylation is 2. The fraction of sp³-hybridized carbons (Fsp3) is 0.350. The molecule has 0 saturated carbocycles. The van der Waals surface area contributed by atoms with E-state index in [1.807, 2.05) is 10.7 Å². The normalized spacial score (nSPS) is 16.5. The van der Waals surface area contributed by atoms with E-state index in [2.05, 4.69) is 76.7 Å². The van der Waals surface area contributed by atoms with E-state index in [1.54, 1.807) is 0 Å². The summed E-state index contributed by atoms with van der Waals surface area (Å²) in [7, 11) is 0. The van der Waals surface area contributed by atoms with Gasteiger partial charge in [-0.15, -0.1) is 5.10 Å². The van der Waals surface area contributed by atoms with Gasteiger partial charge in [-0.25, -0.2) is 0 Å². The van der Waals surface area contributed by atoms with E-state index in [-0.39, 0.29) is 6.04 Å². The molecule has 1 saturated heterocycles. The predicted molar refractivity (Wildman–Crippen MR) is 99.3 cm³/mol. The number of benzene rings is 2. The number of ether oxygens (including phenoxy) is 1. The summed E-state index contributed by atoms with van der Waals surface area (Å²) >= 11 is 0. The van der Waals surface area contributed by atoms with Gasteiger partial charge in [0.15, 0.2) is 5.82 Å². The van der Waals surface area contributed by atoms with Crippen LogP contribution < -0.4 is 0 Å². The number of hydrogen-bond donors (Lipinski definition) is 0. The zero-order valence-electron chi connectivity index (χ0n) is 15.2. The summed E-state index contributed by atoms with van der Waals surface area (Å²) < 4.78 is 7.46. The largest absolute Gasteiger partial charge is 0.379 e. The van der Waals surface area contributed by atoms with E-state index in [0.717, 1.165) is 48.9 Å². The molecular weight excluding hydrogens is 326 g/mol. The van der Waals surface area contributed by atoms with Crippen molar-refractivity contribution in [3.8, 4) is 5.69 Å². The monoisotopic (exact) mass is 349 g/mol. The summed E-state index contributed by atoms with van der Waals surface area (Å²) in [6, 6.07) is 16.7. The van der Waals surface area contributed by atoms with Crippen molar-refractivity contribution in [2.24, 2.45) is 0 Å². The molecule has 2 heterocycles. The minimum Gasteiger partial charge on any atom is -0.379 e. The van der Waals surface area contributed by atoms with Crippen molar-refractivity contribution in [3.05, 3.63) is 71.0 Å². The van der Waals surface area contributed by atoms with Crippen molar-refractivity contribution >= 4 is 0 Å². The molecule has 0 bridgehead atoms. The quantitative estimate of drug-likeness (QED) is 0.725. The van der Waals surface area contributed by atoms with Gasteiger partial charge >= 0.3 is 0 Å². The lowest BCUT2D eigenvalue weighted by molar-refractivity contribution is 0.0220. The highest BCUT2D eigenvalue weighted by Gasteiger charge is 2.30. The molecule has 1 atom stereocenters. The molecule has 0 radical (unpaired) electrons. The van der Waals surface area contributed by atoms with Gasteiger partial charge in [-0.1, -0.05) is 48.5 Å². The van der Waals surface area contributed by atoms with Crippen molar-refractivity contribution in [1.29, 1.82) is 0 Å². The van der Waals surface area contributed by atoms with E-state index in [0.29, 0.717) is 0 Å². The van der Waals surface area contributed by atoms with Crippen LogP contribution in [0, 0.1) is 13.8 Å². The Bertz CT molecular complexity index is 851. The van der Waals surface area contributed by atoms with Crippen LogP contribution >= 0.6 is 0 Å². The molecule has 1 aliphatic rings. The molecule has 1 aromatic heterocycles. The molecular formula is C20H23N5O. The van der Waals surface area contributed by atoms with Gasteiger partial charge in [0.25, 0.3) is 0 Å². The Morgan fingerprint density at radius 2 is 1.62 bits per heavy atom. The lowest BCUT2D eigenvalue weighted by atomic mass is 10.0. The lowest BCUT2D eigenvalue weighted by Crippen LogP contribution is -2.40. The smallest absolute Gasteiger partial charge is 0.178 e. The topological polar surface area (TPSA) is 56.1 Å². The van der Waals surface area contributed by atoms with Gasteiger partial charge in [0.1, 0.15) is 0 Å². The highest BCUT2D eigenvalue weighted by molar-refractivity contribution is 5.47. The van der Waals surface area contributed by atoms with Gasteiger partial charge in [0, 0.05) is 13.1 Å². The van der Waals surface area contributed by atoms with Crippen LogP contribution in [0.1, 0.15) is 28.6 Å². The number of aromatic nitrogens is 4. The first-order valence-electron chi connectivity index (χ1n) is 8.97. The molecule has 1 fully saturated rings. The fourth-order valence-corrected chi connectivity index (χ4v) is 3.66. The van der Waals surface area contributed by atoms with Crippen LogP contribution in [0.4, 0.5) is 0 Å². The molecule has 2 aromatic carbocycles. The molecule has 26 heavy (non-hydrogen) atoms. The number of rotatable bonds is 4. The van der Waals surface area contributed by atoms with Gasteiger partial charge in [0.05, 0.1) is 24.9 Å². The zero-order chi connectivity index (χ0) is 17.9. The molecule has 0 amide bonds. The Morgan fingerprint density at radius 3 is 2.31 bits per heavy atom. The average molecular weight is 349 g/mol. The maximum atomic E-state index is 5.56. The van der Waals surface area contributed by atoms with Crippen LogP contribution in [0.15, 0.2) is 48.5 Å². The van der Waals surface area contributed by atoms with Crippen molar-refractivity contribution in [1.82, 2.24) is 25.1 Å². The van der Waals surface area contributed by atoms with Crippen LogP contribution in [0.25, 0.3) is 5.69 Å². The van der Waals surface area contributed by atoms with Crippen LogP contribution in [-0.2, 0) is 4.74 Å². The number of hydrogen-bond acceptors (Lipinski definition) is 5. The first-order chi connectivity index (χ1) is 12.8. The van der Waals surface area contributed by atoms with Gasteiger partial charge in [-0.3, -0.25) is 4.90 Å². The number of para-hydroxylation sites is 1. The maximum absolute atomic E-state index is 5.56. The number of nitrogens with zero attached hydrogens (tertiary/aromatic N) is 5. The molecule has 4 rings (SSSR count). The van der Waals surface area contributed by atoms with E-state index < -0.39 is 0 Å². The molecule has 3 aromatic rings. The van der Waals surface area contributed by atoms with Gasteiger partial charge in [-0.05, 0) is 41.0 Å². The third kappa shape index (κ3) is 3.13. The number of morpholine rings is 1.